The molecule has 1 amide bonds. The molecular weight excluding hydrogens is 431 g/mol. The summed E-state index contributed by atoms with van der Waals surface area (Å²) in [5.41, 5.74) is 0.674. The molecule has 8 nitrogen and oxygen atoms in total. The number of amides is 1. The Labute approximate surface area is 182 Å². The lowest BCUT2D eigenvalue weighted by Crippen LogP contribution is -2.47. The van der Waals surface area contributed by atoms with Gasteiger partial charge in [-0.05, 0) is 44.0 Å². The van der Waals surface area contributed by atoms with E-state index >= 15 is 0 Å². The molecule has 0 aliphatic carbocycles. The third-order valence-electron chi connectivity index (χ3n) is 5.52. The Hall–Kier alpha value is -2.79. The van der Waals surface area contributed by atoms with E-state index in [4.69, 9.17) is 19.1 Å². The van der Waals surface area contributed by atoms with Gasteiger partial charge in [0.25, 0.3) is 5.91 Å². The maximum Gasteiger partial charge on any atom is 0.490 e. The van der Waals surface area contributed by atoms with Crippen LogP contribution in [-0.4, -0.2) is 64.0 Å². The summed E-state index contributed by atoms with van der Waals surface area (Å²) >= 11 is 0. The van der Waals surface area contributed by atoms with Gasteiger partial charge in [0, 0.05) is 32.4 Å². The van der Waals surface area contributed by atoms with Crippen LogP contribution in [0.5, 0.6) is 0 Å². The molecule has 0 unspecified atom stereocenters. The molecule has 11 heteroatoms. The van der Waals surface area contributed by atoms with Crippen molar-refractivity contribution in [3.8, 4) is 0 Å². The Bertz CT molecular complexity index is 939. The van der Waals surface area contributed by atoms with Gasteiger partial charge in [-0.25, -0.2) is 4.79 Å². The smallest absolute Gasteiger partial charge is 0.475 e. The number of likely N-dealkylation sites (tertiary alicyclic amines) is 1. The van der Waals surface area contributed by atoms with E-state index in [2.05, 4.69) is 10.2 Å². The lowest BCUT2D eigenvalue weighted by Gasteiger charge is -2.32. The number of hydrogen-bond acceptors (Lipinski definition) is 5. The van der Waals surface area contributed by atoms with Crippen molar-refractivity contribution in [2.75, 3.05) is 13.2 Å². The van der Waals surface area contributed by atoms with Crippen molar-refractivity contribution in [3.05, 3.63) is 47.7 Å². The van der Waals surface area contributed by atoms with E-state index in [0.29, 0.717) is 11.7 Å². The Morgan fingerprint density at radius 2 is 2.00 bits per heavy atom. The molecule has 2 fully saturated rings. The highest BCUT2D eigenvalue weighted by Crippen LogP contribution is 2.30. The highest BCUT2D eigenvalue weighted by Gasteiger charge is 2.45. The van der Waals surface area contributed by atoms with Crippen molar-refractivity contribution < 1.29 is 37.0 Å². The molecule has 176 valence electrons. The summed E-state index contributed by atoms with van der Waals surface area (Å²) < 4.78 is 45.4. The number of carboxylic acid groups (broad SMARTS) is 1. The van der Waals surface area contributed by atoms with Crippen molar-refractivity contribution in [3.63, 3.8) is 0 Å². The zero-order valence-electron chi connectivity index (χ0n) is 17.8. The molecule has 0 bridgehead atoms. The van der Waals surface area contributed by atoms with E-state index in [1.54, 1.807) is 0 Å². The first kappa shape index (κ1) is 23.9. The predicted molar refractivity (Wildman–Crippen MR) is 107 cm³/mol. The Morgan fingerprint density at radius 3 is 2.56 bits per heavy atom. The van der Waals surface area contributed by atoms with Crippen LogP contribution in [0.25, 0.3) is 0 Å². The van der Waals surface area contributed by atoms with Gasteiger partial charge < -0.3 is 24.1 Å². The minimum Gasteiger partial charge on any atom is -0.475 e. The number of carbonyl (C=O) groups is 2. The van der Waals surface area contributed by atoms with Crippen molar-refractivity contribution in [1.82, 2.24) is 14.8 Å². The highest BCUT2D eigenvalue weighted by atomic mass is 19.4. The molecule has 0 saturated carbocycles. The van der Waals surface area contributed by atoms with E-state index in [1.165, 1.54) is 0 Å². The maximum atomic E-state index is 12.6. The monoisotopic (exact) mass is 457 g/mol. The summed E-state index contributed by atoms with van der Waals surface area (Å²) in [7, 11) is 1.88. The van der Waals surface area contributed by atoms with Gasteiger partial charge in [0.1, 0.15) is 17.2 Å². The first-order valence-electron chi connectivity index (χ1n) is 10.2. The standard InChI is InChI=1S/C19H25N3O3.C2HF3O2/c1-13-7-8-14(25-13)11-22-12-15(18-16(22)6-4-10-24-18)20-19(23)17-5-3-9-21(17)2;3-2(4,5)1(6)7/h3,5,7-9,15-16,18H,4,6,10-12H2,1-2H3,(H,20,23);(H,6,7)/t15-,16-,18-;/m1./s1. The van der Waals surface area contributed by atoms with Gasteiger partial charge in [0.15, 0.2) is 0 Å². The molecule has 0 aromatic carbocycles. The number of alkyl halides is 3. The normalized spacial score (nSPS) is 23.2. The number of hydrogen-bond donors (Lipinski definition) is 2. The second-order valence-corrected chi connectivity index (χ2v) is 7.87. The molecule has 2 aromatic heterocycles. The van der Waals surface area contributed by atoms with Crippen LogP contribution in [-0.2, 0) is 23.1 Å². The second kappa shape index (κ2) is 9.78. The third-order valence-corrected chi connectivity index (χ3v) is 5.52. The number of aliphatic carboxylic acids is 1. The molecule has 2 aromatic rings. The van der Waals surface area contributed by atoms with Crippen molar-refractivity contribution >= 4 is 11.9 Å². The number of carboxylic acids is 1. The summed E-state index contributed by atoms with van der Waals surface area (Å²) in [6.07, 6.45) is -0.988. The van der Waals surface area contributed by atoms with E-state index in [1.807, 2.05) is 49.0 Å². The molecule has 2 aliphatic rings. The van der Waals surface area contributed by atoms with Crippen LogP contribution in [0.4, 0.5) is 13.2 Å². The van der Waals surface area contributed by atoms with Crippen LogP contribution in [0.2, 0.25) is 0 Å². The Balaban J connectivity index is 0.000000360. The number of nitrogens with zero attached hydrogens (tertiary/aromatic N) is 2. The number of nitrogens with one attached hydrogen (secondary N) is 1. The second-order valence-electron chi connectivity index (χ2n) is 7.87. The molecule has 2 saturated heterocycles. The molecular formula is C21H26F3N3O5. The average molecular weight is 457 g/mol. The number of halogens is 3. The third kappa shape index (κ3) is 5.71. The fourth-order valence-corrected chi connectivity index (χ4v) is 4.07. The summed E-state index contributed by atoms with van der Waals surface area (Å²) in [5.74, 6) is -0.899. The number of ether oxygens (including phenoxy) is 1. The topological polar surface area (TPSA) is 96.9 Å². The zero-order valence-corrected chi connectivity index (χ0v) is 17.8. The van der Waals surface area contributed by atoms with Gasteiger partial charge >= 0.3 is 12.1 Å². The van der Waals surface area contributed by atoms with Crippen molar-refractivity contribution in [1.29, 1.82) is 0 Å². The van der Waals surface area contributed by atoms with Crippen molar-refractivity contribution in [2.45, 2.75) is 50.7 Å². The zero-order chi connectivity index (χ0) is 23.5. The molecule has 4 heterocycles. The number of furan rings is 1. The summed E-state index contributed by atoms with van der Waals surface area (Å²) in [6.45, 7) is 4.27. The molecule has 32 heavy (non-hydrogen) atoms. The fraction of sp³-hybridized carbons (Fsp3) is 0.524. The van der Waals surface area contributed by atoms with Gasteiger partial charge in [-0.15, -0.1) is 0 Å². The first-order valence-corrected chi connectivity index (χ1v) is 10.2. The van der Waals surface area contributed by atoms with Gasteiger partial charge in [-0.2, -0.15) is 13.2 Å². The summed E-state index contributed by atoms with van der Waals surface area (Å²) in [5, 5.41) is 10.3. The molecule has 2 aliphatic heterocycles. The van der Waals surface area contributed by atoms with E-state index in [9.17, 15) is 18.0 Å². The quantitative estimate of drug-likeness (QED) is 0.733. The van der Waals surface area contributed by atoms with Gasteiger partial charge in [0.05, 0.1) is 18.7 Å². The van der Waals surface area contributed by atoms with Crippen LogP contribution in [0, 0.1) is 6.92 Å². The van der Waals surface area contributed by atoms with Gasteiger partial charge in [0.2, 0.25) is 0 Å². The van der Waals surface area contributed by atoms with E-state index in [0.717, 1.165) is 44.1 Å². The lowest BCUT2D eigenvalue weighted by molar-refractivity contribution is -0.192. The minimum atomic E-state index is -5.08. The maximum absolute atomic E-state index is 12.6. The number of carbonyl (C=O) groups excluding carboxylic acids is 1. The number of aromatic nitrogens is 1. The molecule has 2 N–H and O–H groups in total. The number of fused-ring (bicyclic) bond motifs is 1. The van der Waals surface area contributed by atoms with Crippen LogP contribution in [0.3, 0.4) is 0 Å². The largest absolute Gasteiger partial charge is 0.490 e. The average Bonchev–Trinajstić information content (AvgIpc) is 3.42. The number of rotatable bonds is 4. The number of aryl methyl sites for hydroxylation is 2. The van der Waals surface area contributed by atoms with Gasteiger partial charge in [-0.3, -0.25) is 9.69 Å². The molecule has 4 rings (SSSR count). The van der Waals surface area contributed by atoms with E-state index < -0.39 is 12.1 Å². The molecule has 0 spiro atoms. The SMILES string of the molecule is Cc1ccc(CN2C[C@@H](NC(=O)c3cccn3C)[C@H]3OCCC[C@H]32)o1.O=C(O)C(F)(F)F. The van der Waals surface area contributed by atoms with Gasteiger partial charge in [-0.1, -0.05) is 0 Å². The summed E-state index contributed by atoms with van der Waals surface area (Å²) in [6, 6.07) is 8.09. The summed E-state index contributed by atoms with van der Waals surface area (Å²) in [4.78, 5) is 23.9. The van der Waals surface area contributed by atoms with Crippen LogP contribution >= 0.6 is 0 Å². The Morgan fingerprint density at radius 1 is 1.28 bits per heavy atom. The van der Waals surface area contributed by atoms with Crippen LogP contribution < -0.4 is 5.32 Å². The Kier molecular flexibility index (Phi) is 7.29. The van der Waals surface area contributed by atoms with E-state index in [-0.39, 0.29) is 18.1 Å². The molecule has 3 atom stereocenters. The van der Waals surface area contributed by atoms with Crippen LogP contribution in [0.15, 0.2) is 34.9 Å². The minimum absolute atomic E-state index is 0.00348. The highest BCUT2D eigenvalue weighted by molar-refractivity contribution is 5.93. The lowest BCUT2D eigenvalue weighted by atomic mass is 10.0. The first-order chi connectivity index (χ1) is 15.1. The van der Waals surface area contributed by atoms with Crippen molar-refractivity contribution in [2.24, 2.45) is 7.05 Å². The molecule has 0 radical (unpaired) electrons. The predicted octanol–water partition coefficient (Wildman–Crippen LogP) is 2.72. The fourth-order valence-electron chi connectivity index (χ4n) is 4.07. The van der Waals surface area contributed by atoms with Crippen LogP contribution in [0.1, 0.15) is 34.9 Å².